The van der Waals surface area contributed by atoms with Crippen LogP contribution in [0.4, 0.5) is 0 Å². The van der Waals surface area contributed by atoms with Gasteiger partial charge in [-0.15, -0.1) is 13.2 Å². The van der Waals surface area contributed by atoms with Gasteiger partial charge in [0.1, 0.15) is 0 Å². The number of hydrogen-bond donors (Lipinski definition) is 2. The molecule has 0 saturated heterocycles. The van der Waals surface area contributed by atoms with Crippen molar-refractivity contribution in [1.82, 2.24) is 0 Å². The summed E-state index contributed by atoms with van der Waals surface area (Å²) in [6.07, 6.45) is 11.2. The van der Waals surface area contributed by atoms with Crippen LogP contribution in [-0.2, 0) is 0 Å². The molecule has 140 valence electrons. The van der Waals surface area contributed by atoms with Crippen molar-refractivity contribution >= 4 is 0 Å². The highest BCUT2D eigenvalue weighted by molar-refractivity contribution is 5.20. The van der Waals surface area contributed by atoms with E-state index >= 15 is 0 Å². The lowest BCUT2D eigenvalue weighted by Crippen LogP contribution is -2.49. The Morgan fingerprint density at radius 1 is 1.04 bits per heavy atom. The van der Waals surface area contributed by atoms with E-state index in [0.717, 1.165) is 25.7 Å². The van der Waals surface area contributed by atoms with Crippen molar-refractivity contribution in [3.05, 3.63) is 48.6 Å². The molecule has 2 N–H and O–H groups in total. The molecule has 0 radical (unpaired) electrons. The second kappa shape index (κ2) is 7.63. The summed E-state index contributed by atoms with van der Waals surface area (Å²) >= 11 is 0. The van der Waals surface area contributed by atoms with E-state index in [1.165, 1.54) is 11.1 Å². The predicted octanol–water partition coefficient (Wildman–Crippen LogP) is 5.20. The zero-order valence-corrected chi connectivity index (χ0v) is 16.5. The molecule has 6 unspecified atom stereocenters. The van der Waals surface area contributed by atoms with Crippen LogP contribution in [0.3, 0.4) is 0 Å². The van der Waals surface area contributed by atoms with E-state index in [1.807, 2.05) is 12.2 Å². The smallest absolute Gasteiger partial charge is 0.0895 e. The molecule has 6 atom stereocenters. The molecule has 0 bridgehead atoms. The number of allylic oxidation sites excluding steroid dienone is 5. The number of rotatable bonds is 6. The van der Waals surface area contributed by atoms with Crippen LogP contribution in [0.15, 0.2) is 48.6 Å². The third-order valence-corrected chi connectivity index (χ3v) is 7.05. The molecule has 2 rings (SSSR count). The molecule has 0 amide bonds. The number of aliphatic hydroxyl groups is 2. The second-order valence-electron chi connectivity index (χ2n) is 8.57. The van der Waals surface area contributed by atoms with E-state index < -0.39 is 17.6 Å². The van der Waals surface area contributed by atoms with Crippen molar-refractivity contribution in [2.45, 2.75) is 72.0 Å². The van der Waals surface area contributed by atoms with Gasteiger partial charge in [0.2, 0.25) is 0 Å². The molecule has 0 aromatic heterocycles. The van der Waals surface area contributed by atoms with Crippen molar-refractivity contribution < 1.29 is 10.2 Å². The van der Waals surface area contributed by atoms with Crippen LogP contribution >= 0.6 is 0 Å². The van der Waals surface area contributed by atoms with Gasteiger partial charge in [0.25, 0.3) is 0 Å². The molecule has 0 spiro atoms. The monoisotopic (exact) mass is 344 g/mol. The molecule has 2 aliphatic carbocycles. The minimum Gasteiger partial charge on any atom is -0.390 e. The Balaban J connectivity index is 2.23. The average Bonchev–Trinajstić information content (AvgIpc) is 2.57. The molecule has 2 heteroatoms. The highest BCUT2D eigenvalue weighted by Crippen LogP contribution is 2.49. The third-order valence-electron chi connectivity index (χ3n) is 7.05. The molecule has 0 fully saturated rings. The first kappa shape index (κ1) is 20.2. The molecule has 0 aromatic carbocycles. The van der Waals surface area contributed by atoms with Crippen LogP contribution in [-0.4, -0.2) is 22.4 Å². The van der Waals surface area contributed by atoms with Crippen LogP contribution in [0.25, 0.3) is 0 Å². The quantitative estimate of drug-likeness (QED) is 0.651. The summed E-state index contributed by atoms with van der Waals surface area (Å²) in [6, 6.07) is 0. The maximum Gasteiger partial charge on any atom is 0.0895 e. The van der Waals surface area contributed by atoms with Gasteiger partial charge in [-0.05, 0) is 63.2 Å². The van der Waals surface area contributed by atoms with Crippen molar-refractivity contribution in [2.75, 3.05) is 0 Å². The number of hydrogen-bond acceptors (Lipinski definition) is 2. The summed E-state index contributed by atoms with van der Waals surface area (Å²) in [6.45, 7) is 16.7. The maximum absolute atomic E-state index is 11.1. The molecule has 0 aliphatic heterocycles. The Bertz CT molecular complexity index is 573. The lowest BCUT2D eigenvalue weighted by atomic mass is 9.60. The Hall–Kier alpha value is -1.12. The second-order valence-corrected chi connectivity index (χ2v) is 8.57. The minimum atomic E-state index is -0.805. The van der Waals surface area contributed by atoms with E-state index in [0.29, 0.717) is 12.3 Å². The van der Waals surface area contributed by atoms with Gasteiger partial charge >= 0.3 is 0 Å². The zero-order valence-electron chi connectivity index (χ0n) is 16.5. The normalized spacial score (nSPS) is 38.3. The van der Waals surface area contributed by atoms with Crippen molar-refractivity contribution in [1.29, 1.82) is 0 Å². The van der Waals surface area contributed by atoms with Crippen molar-refractivity contribution in [2.24, 2.45) is 22.7 Å². The van der Waals surface area contributed by atoms with Gasteiger partial charge in [-0.2, -0.15) is 0 Å². The van der Waals surface area contributed by atoms with Crippen LogP contribution in [0.5, 0.6) is 0 Å². The molecule has 0 saturated carbocycles. The van der Waals surface area contributed by atoms with E-state index in [9.17, 15) is 10.2 Å². The van der Waals surface area contributed by atoms with Crippen LogP contribution in [0.2, 0.25) is 0 Å². The minimum absolute atomic E-state index is 0.147. The summed E-state index contributed by atoms with van der Waals surface area (Å²) in [5.41, 5.74) is 2.16. The van der Waals surface area contributed by atoms with E-state index in [-0.39, 0.29) is 11.3 Å². The molecule has 25 heavy (non-hydrogen) atoms. The Morgan fingerprint density at radius 3 is 2.08 bits per heavy atom. The molecule has 2 nitrogen and oxygen atoms in total. The fourth-order valence-corrected chi connectivity index (χ4v) is 4.98. The lowest BCUT2D eigenvalue weighted by molar-refractivity contribution is -0.0816. The van der Waals surface area contributed by atoms with Crippen LogP contribution in [0.1, 0.15) is 59.8 Å². The van der Waals surface area contributed by atoms with E-state index in [2.05, 4.69) is 53.0 Å². The van der Waals surface area contributed by atoms with Gasteiger partial charge in [0.05, 0.1) is 12.2 Å². The maximum atomic E-state index is 11.1. The van der Waals surface area contributed by atoms with Crippen LogP contribution < -0.4 is 0 Å². The standard InChI is InChI=1S/C23H36O2/c1-7-22(11-9-16(3)13-18(22)5)15-20(24)21(25)23(8-2)12-10-17(4)14-19(23)6/h7-8,13-14,18-21,24-25H,1-2,9-12,15H2,3-6H3. The van der Waals surface area contributed by atoms with E-state index in [1.54, 1.807) is 0 Å². The predicted molar refractivity (Wildman–Crippen MR) is 106 cm³/mol. The Morgan fingerprint density at radius 2 is 1.60 bits per heavy atom. The number of aliphatic hydroxyl groups excluding tert-OH is 2. The molecular formula is C23H36O2. The molecule has 0 heterocycles. The highest BCUT2D eigenvalue weighted by Gasteiger charge is 2.46. The van der Waals surface area contributed by atoms with Gasteiger partial charge in [-0.3, -0.25) is 0 Å². The van der Waals surface area contributed by atoms with Gasteiger partial charge in [0.15, 0.2) is 0 Å². The van der Waals surface area contributed by atoms with Crippen molar-refractivity contribution in [3.63, 3.8) is 0 Å². The zero-order chi connectivity index (χ0) is 18.8. The molecule has 2 aliphatic rings. The highest BCUT2D eigenvalue weighted by atomic mass is 16.3. The van der Waals surface area contributed by atoms with Gasteiger partial charge in [0, 0.05) is 5.41 Å². The summed E-state index contributed by atoms with van der Waals surface area (Å²) in [5, 5.41) is 22.1. The van der Waals surface area contributed by atoms with E-state index in [4.69, 9.17) is 0 Å². The first-order valence-corrected chi connectivity index (χ1v) is 9.68. The van der Waals surface area contributed by atoms with Gasteiger partial charge < -0.3 is 10.2 Å². The van der Waals surface area contributed by atoms with Crippen molar-refractivity contribution in [3.8, 4) is 0 Å². The first-order valence-electron chi connectivity index (χ1n) is 9.68. The SMILES string of the molecule is C=CC1(CC(O)C(O)C2(C=C)CCC(C)=CC2C)CCC(C)=CC1C. The van der Waals surface area contributed by atoms with Gasteiger partial charge in [-0.25, -0.2) is 0 Å². The summed E-state index contributed by atoms with van der Waals surface area (Å²) in [4.78, 5) is 0. The molecular weight excluding hydrogens is 308 g/mol. The fourth-order valence-electron chi connectivity index (χ4n) is 4.98. The Kier molecular flexibility index (Phi) is 6.17. The first-order chi connectivity index (χ1) is 11.7. The molecule has 0 aromatic rings. The topological polar surface area (TPSA) is 40.5 Å². The third kappa shape index (κ3) is 3.71. The summed E-state index contributed by atoms with van der Waals surface area (Å²) in [5.74, 6) is 0.500. The average molecular weight is 345 g/mol. The largest absolute Gasteiger partial charge is 0.390 e. The fraction of sp³-hybridized carbons (Fsp3) is 0.652. The van der Waals surface area contributed by atoms with Gasteiger partial charge in [-0.1, -0.05) is 49.3 Å². The summed E-state index contributed by atoms with van der Waals surface area (Å²) < 4.78 is 0. The Labute approximate surface area is 154 Å². The summed E-state index contributed by atoms with van der Waals surface area (Å²) in [7, 11) is 0. The van der Waals surface area contributed by atoms with Crippen LogP contribution in [0, 0.1) is 22.7 Å². The lowest BCUT2D eigenvalue weighted by Gasteiger charge is -2.47.